The summed E-state index contributed by atoms with van der Waals surface area (Å²) in [6.07, 6.45) is -5.02. The Morgan fingerprint density at radius 2 is 1.91 bits per heavy atom. The van der Waals surface area contributed by atoms with Crippen LogP contribution in [0.5, 0.6) is 0 Å². The Morgan fingerprint density at radius 1 is 1.23 bits per heavy atom. The highest BCUT2D eigenvalue weighted by molar-refractivity contribution is 8.00. The summed E-state index contributed by atoms with van der Waals surface area (Å²) >= 11 is 1.69. The van der Waals surface area contributed by atoms with E-state index in [0.717, 1.165) is 4.90 Å². The van der Waals surface area contributed by atoms with E-state index in [1.54, 1.807) is 11.8 Å². The maximum absolute atomic E-state index is 12.1. The first-order valence-corrected chi connectivity index (χ1v) is 8.09. The van der Waals surface area contributed by atoms with Gasteiger partial charge in [0.25, 0.3) is 0 Å². The van der Waals surface area contributed by atoms with Crippen molar-refractivity contribution in [2.24, 2.45) is 4.99 Å². The van der Waals surface area contributed by atoms with Gasteiger partial charge < -0.3 is 10.6 Å². The molecular weight excluding hydrogens is 311 g/mol. The summed E-state index contributed by atoms with van der Waals surface area (Å²) in [6.45, 7) is 4.89. The minimum Gasteiger partial charge on any atom is -0.357 e. The number of nitrogens with one attached hydrogen (secondary N) is 2. The van der Waals surface area contributed by atoms with E-state index in [1.165, 1.54) is 0 Å². The van der Waals surface area contributed by atoms with Crippen LogP contribution in [0.15, 0.2) is 40.2 Å². The molecule has 0 aliphatic rings. The minimum absolute atomic E-state index is 0.171. The Morgan fingerprint density at radius 3 is 2.50 bits per heavy atom. The van der Waals surface area contributed by atoms with E-state index in [0.29, 0.717) is 19.0 Å². The maximum Gasteiger partial charge on any atom is 0.390 e. The molecule has 0 heterocycles. The van der Waals surface area contributed by atoms with Crippen molar-refractivity contribution in [1.82, 2.24) is 10.6 Å². The van der Waals surface area contributed by atoms with Gasteiger partial charge in [-0.3, -0.25) is 4.99 Å². The van der Waals surface area contributed by atoms with Gasteiger partial charge in [-0.15, -0.1) is 11.8 Å². The lowest BCUT2D eigenvalue weighted by Gasteiger charge is -2.14. The van der Waals surface area contributed by atoms with Crippen molar-refractivity contribution in [1.29, 1.82) is 0 Å². The van der Waals surface area contributed by atoms with Crippen molar-refractivity contribution < 1.29 is 13.2 Å². The zero-order valence-corrected chi connectivity index (χ0v) is 13.6. The first-order chi connectivity index (χ1) is 10.4. The molecule has 0 aliphatic carbocycles. The van der Waals surface area contributed by atoms with Gasteiger partial charge in [0.15, 0.2) is 5.96 Å². The van der Waals surface area contributed by atoms with Crippen LogP contribution in [-0.2, 0) is 0 Å². The van der Waals surface area contributed by atoms with Crippen molar-refractivity contribution >= 4 is 17.7 Å². The zero-order valence-electron chi connectivity index (χ0n) is 12.8. The Labute approximate surface area is 133 Å². The normalized spacial score (nSPS) is 13.8. The van der Waals surface area contributed by atoms with Crippen molar-refractivity contribution in [3.63, 3.8) is 0 Å². The predicted octanol–water partition coefficient (Wildman–Crippen LogP) is 3.67. The summed E-state index contributed by atoms with van der Waals surface area (Å²) in [4.78, 5) is 5.49. The molecule has 0 amide bonds. The van der Waals surface area contributed by atoms with Gasteiger partial charge in [0, 0.05) is 23.2 Å². The first kappa shape index (κ1) is 18.7. The lowest BCUT2D eigenvalue weighted by Crippen LogP contribution is -2.39. The number of hydrogen-bond donors (Lipinski definition) is 2. The Kier molecular flexibility index (Phi) is 8.16. The number of rotatable bonds is 7. The highest BCUT2D eigenvalue weighted by Gasteiger charge is 2.26. The number of nitrogens with zero attached hydrogens (tertiary/aromatic N) is 1. The van der Waals surface area contributed by atoms with E-state index in [9.17, 15) is 13.2 Å². The summed E-state index contributed by atoms with van der Waals surface area (Å²) in [7, 11) is 0. The van der Waals surface area contributed by atoms with Gasteiger partial charge in [-0.2, -0.15) is 13.2 Å². The van der Waals surface area contributed by atoms with Gasteiger partial charge in [0.1, 0.15) is 0 Å². The van der Waals surface area contributed by atoms with Gasteiger partial charge in [-0.1, -0.05) is 25.1 Å². The van der Waals surface area contributed by atoms with Gasteiger partial charge in [0.2, 0.25) is 0 Å². The van der Waals surface area contributed by atoms with Crippen LogP contribution >= 0.6 is 11.8 Å². The van der Waals surface area contributed by atoms with Gasteiger partial charge in [-0.05, 0) is 19.1 Å². The topological polar surface area (TPSA) is 36.4 Å². The summed E-state index contributed by atoms with van der Waals surface area (Å²) in [5.41, 5.74) is 0. The number of hydrogen-bond acceptors (Lipinski definition) is 2. The molecule has 0 bridgehead atoms. The molecule has 1 aromatic rings. The van der Waals surface area contributed by atoms with Crippen molar-refractivity contribution in [2.75, 3.05) is 19.6 Å². The Hall–Kier alpha value is -1.37. The SMILES string of the molecule is CCNC(=NCC(C)Sc1ccccc1)NCCC(F)(F)F. The smallest absolute Gasteiger partial charge is 0.357 e. The molecular formula is C15H22F3N3S. The van der Waals surface area contributed by atoms with Crippen LogP contribution in [0.4, 0.5) is 13.2 Å². The second-order valence-corrected chi connectivity index (χ2v) is 6.26. The quantitative estimate of drug-likeness (QED) is 0.454. The second kappa shape index (κ2) is 9.61. The zero-order chi connectivity index (χ0) is 16.4. The number of guanidine groups is 1. The number of benzene rings is 1. The molecule has 0 fully saturated rings. The Bertz CT molecular complexity index is 449. The van der Waals surface area contributed by atoms with Crippen molar-refractivity contribution in [3.05, 3.63) is 30.3 Å². The molecule has 22 heavy (non-hydrogen) atoms. The second-order valence-electron chi connectivity index (χ2n) is 4.75. The molecule has 1 unspecified atom stereocenters. The fourth-order valence-corrected chi connectivity index (χ4v) is 2.58. The molecule has 0 radical (unpaired) electrons. The van der Waals surface area contributed by atoms with E-state index >= 15 is 0 Å². The van der Waals surface area contributed by atoms with Crippen LogP contribution in [0.3, 0.4) is 0 Å². The molecule has 1 atom stereocenters. The third-order valence-electron chi connectivity index (χ3n) is 2.63. The molecule has 3 nitrogen and oxygen atoms in total. The van der Waals surface area contributed by atoms with Gasteiger partial charge >= 0.3 is 6.18 Å². The van der Waals surface area contributed by atoms with Crippen LogP contribution in [0.1, 0.15) is 20.3 Å². The molecule has 0 aliphatic heterocycles. The summed E-state index contributed by atoms with van der Waals surface area (Å²) in [5, 5.41) is 5.89. The average molecular weight is 333 g/mol. The summed E-state index contributed by atoms with van der Waals surface area (Å²) in [5.74, 6) is 0.423. The van der Waals surface area contributed by atoms with Crippen molar-refractivity contribution in [3.8, 4) is 0 Å². The fraction of sp³-hybridized carbons (Fsp3) is 0.533. The van der Waals surface area contributed by atoms with Crippen LogP contribution in [0.2, 0.25) is 0 Å². The molecule has 1 rings (SSSR count). The first-order valence-electron chi connectivity index (χ1n) is 7.21. The van der Waals surface area contributed by atoms with E-state index < -0.39 is 12.6 Å². The number of aliphatic imine (C=N–C) groups is 1. The number of thioether (sulfide) groups is 1. The van der Waals surface area contributed by atoms with E-state index in [1.807, 2.05) is 44.2 Å². The highest BCUT2D eigenvalue weighted by Crippen LogP contribution is 2.22. The van der Waals surface area contributed by atoms with Crippen LogP contribution in [0, 0.1) is 0 Å². The summed E-state index contributed by atoms with van der Waals surface area (Å²) < 4.78 is 36.4. The largest absolute Gasteiger partial charge is 0.390 e. The van der Waals surface area contributed by atoms with Gasteiger partial charge in [-0.25, -0.2) is 0 Å². The summed E-state index contributed by atoms with van der Waals surface area (Å²) in [6, 6.07) is 9.96. The molecule has 0 saturated heterocycles. The standard InChI is InChI=1S/C15H22F3N3S/c1-3-19-14(20-10-9-15(16,17)18)21-11-12(2)22-13-7-5-4-6-8-13/h4-8,12H,3,9-11H2,1-2H3,(H2,19,20,21). The molecule has 0 aromatic heterocycles. The number of halogens is 3. The lowest BCUT2D eigenvalue weighted by molar-refractivity contribution is -0.132. The predicted molar refractivity (Wildman–Crippen MR) is 86.4 cm³/mol. The van der Waals surface area contributed by atoms with E-state index in [2.05, 4.69) is 15.6 Å². The molecule has 0 saturated carbocycles. The number of alkyl halides is 3. The van der Waals surface area contributed by atoms with Crippen LogP contribution < -0.4 is 10.6 Å². The minimum atomic E-state index is -4.15. The highest BCUT2D eigenvalue weighted by atomic mass is 32.2. The fourth-order valence-electron chi connectivity index (χ4n) is 1.65. The van der Waals surface area contributed by atoms with Crippen LogP contribution in [0.25, 0.3) is 0 Å². The molecule has 7 heteroatoms. The monoisotopic (exact) mass is 333 g/mol. The van der Waals surface area contributed by atoms with E-state index in [4.69, 9.17) is 0 Å². The van der Waals surface area contributed by atoms with Gasteiger partial charge in [0.05, 0.1) is 13.0 Å². The molecule has 0 spiro atoms. The third kappa shape index (κ3) is 8.81. The molecule has 2 N–H and O–H groups in total. The van der Waals surface area contributed by atoms with Crippen molar-refractivity contribution in [2.45, 2.75) is 36.6 Å². The lowest BCUT2D eigenvalue weighted by atomic mass is 10.4. The average Bonchev–Trinajstić information content (AvgIpc) is 2.44. The molecule has 124 valence electrons. The molecule has 1 aromatic carbocycles. The Balaban J connectivity index is 2.43. The van der Waals surface area contributed by atoms with E-state index in [-0.39, 0.29) is 11.8 Å². The third-order valence-corrected chi connectivity index (χ3v) is 3.73. The maximum atomic E-state index is 12.1. The van der Waals surface area contributed by atoms with Crippen LogP contribution in [-0.4, -0.2) is 37.0 Å².